The third kappa shape index (κ3) is 1.96. The van der Waals surface area contributed by atoms with E-state index in [4.69, 9.17) is 4.42 Å². The van der Waals surface area contributed by atoms with Crippen LogP contribution in [0.5, 0.6) is 0 Å². The summed E-state index contributed by atoms with van der Waals surface area (Å²) in [7, 11) is 0. The number of benzene rings is 4. The smallest absolute Gasteiger partial charge is 0.263 e. The zero-order valence-electron chi connectivity index (χ0n) is 14.9. The second kappa shape index (κ2) is 5.57. The first-order chi connectivity index (χ1) is 13.8. The van der Waals surface area contributed by atoms with Crippen molar-refractivity contribution in [3.8, 4) is 5.69 Å². The Bertz CT molecular complexity index is 1590. The van der Waals surface area contributed by atoms with Gasteiger partial charge >= 0.3 is 0 Å². The lowest BCUT2D eigenvalue weighted by molar-refractivity contribution is 0.665. The average Bonchev–Trinajstić information content (AvgIpc) is 3.14. The largest absolute Gasteiger partial charge is 0.454 e. The summed E-state index contributed by atoms with van der Waals surface area (Å²) in [4.78, 5) is 13.5. The topological polar surface area (TPSA) is 35.1 Å². The zero-order chi connectivity index (χ0) is 18.7. The van der Waals surface area contributed by atoms with Crippen LogP contribution in [0.15, 0.2) is 100 Å². The molecule has 6 aromatic rings. The molecule has 4 aromatic carbocycles. The Balaban J connectivity index is 1.85. The van der Waals surface area contributed by atoms with E-state index in [0.717, 1.165) is 43.9 Å². The van der Waals surface area contributed by atoms with E-state index in [-0.39, 0.29) is 5.56 Å². The van der Waals surface area contributed by atoms with Crippen molar-refractivity contribution >= 4 is 43.6 Å². The molecule has 0 amide bonds. The number of fused-ring (bicyclic) bond motifs is 6. The maximum Gasteiger partial charge on any atom is 0.263 e. The van der Waals surface area contributed by atoms with Crippen molar-refractivity contribution in [3.63, 3.8) is 0 Å². The van der Waals surface area contributed by atoms with E-state index >= 15 is 0 Å². The molecule has 0 radical (unpaired) electrons. The molecule has 0 bridgehead atoms. The van der Waals surface area contributed by atoms with Crippen LogP contribution in [0.3, 0.4) is 0 Å². The first-order valence-corrected chi connectivity index (χ1v) is 9.26. The maximum absolute atomic E-state index is 13.5. The van der Waals surface area contributed by atoms with E-state index in [0.29, 0.717) is 5.39 Å². The van der Waals surface area contributed by atoms with Gasteiger partial charge in [-0.05, 0) is 29.7 Å². The standard InChI is InChI=1S/C25H15NO2/c27-25-20-11-2-1-8-16(20)17-9-3-5-13-21(17)26(25)22-14-7-12-19-18-10-4-6-15-23(18)28-24(19)22/h1-15H. The number of nitrogens with zero attached hydrogens (tertiary/aromatic N) is 1. The van der Waals surface area contributed by atoms with Gasteiger partial charge in [0.25, 0.3) is 5.56 Å². The van der Waals surface area contributed by atoms with Gasteiger partial charge < -0.3 is 4.42 Å². The van der Waals surface area contributed by atoms with Crippen LogP contribution in [0, 0.1) is 0 Å². The molecule has 3 nitrogen and oxygen atoms in total. The number of hydrogen-bond acceptors (Lipinski definition) is 2. The van der Waals surface area contributed by atoms with Gasteiger partial charge in [0.05, 0.1) is 11.2 Å². The molecule has 2 heterocycles. The Morgan fingerprint density at radius 3 is 2.07 bits per heavy atom. The molecule has 0 fully saturated rings. The quantitative estimate of drug-likeness (QED) is 0.335. The Morgan fingerprint density at radius 1 is 0.571 bits per heavy atom. The molecule has 0 aliphatic heterocycles. The molecule has 3 heteroatoms. The number of hydrogen-bond donors (Lipinski definition) is 0. The molecule has 132 valence electrons. The third-order valence-electron chi connectivity index (χ3n) is 5.42. The summed E-state index contributed by atoms with van der Waals surface area (Å²) in [5.41, 5.74) is 3.15. The first-order valence-electron chi connectivity index (χ1n) is 9.26. The van der Waals surface area contributed by atoms with Gasteiger partial charge in [0.2, 0.25) is 0 Å². The molecule has 0 unspecified atom stereocenters. The molecule has 0 saturated carbocycles. The lowest BCUT2D eigenvalue weighted by atomic mass is 10.1. The maximum atomic E-state index is 13.5. The normalized spacial score (nSPS) is 11.7. The Kier molecular flexibility index (Phi) is 3.03. The van der Waals surface area contributed by atoms with E-state index in [2.05, 4.69) is 6.07 Å². The van der Waals surface area contributed by atoms with Crippen LogP contribution in [-0.4, -0.2) is 4.57 Å². The Hall–Kier alpha value is -3.85. The molecular formula is C25H15NO2. The van der Waals surface area contributed by atoms with Crippen LogP contribution >= 0.6 is 0 Å². The van der Waals surface area contributed by atoms with Gasteiger partial charge in [0.15, 0.2) is 5.58 Å². The Morgan fingerprint density at radius 2 is 1.21 bits per heavy atom. The van der Waals surface area contributed by atoms with E-state index in [1.54, 1.807) is 4.57 Å². The van der Waals surface area contributed by atoms with Crippen LogP contribution in [0.25, 0.3) is 49.3 Å². The fraction of sp³-hybridized carbons (Fsp3) is 0. The molecule has 0 saturated heterocycles. The fourth-order valence-corrected chi connectivity index (χ4v) is 4.18. The molecule has 0 N–H and O–H groups in total. The van der Waals surface area contributed by atoms with E-state index < -0.39 is 0 Å². The number of rotatable bonds is 1. The highest BCUT2D eigenvalue weighted by atomic mass is 16.3. The third-order valence-corrected chi connectivity index (χ3v) is 5.42. The summed E-state index contributed by atoms with van der Waals surface area (Å²) >= 11 is 0. The molecule has 2 aromatic heterocycles. The Labute approximate surface area is 160 Å². The van der Waals surface area contributed by atoms with Crippen molar-refractivity contribution in [2.45, 2.75) is 0 Å². The van der Waals surface area contributed by atoms with Crippen molar-refractivity contribution in [1.29, 1.82) is 0 Å². The minimum absolute atomic E-state index is 0.0396. The van der Waals surface area contributed by atoms with Crippen molar-refractivity contribution in [2.75, 3.05) is 0 Å². The average molecular weight is 361 g/mol. The van der Waals surface area contributed by atoms with Gasteiger partial charge in [-0.15, -0.1) is 0 Å². The summed E-state index contributed by atoms with van der Waals surface area (Å²) in [5.74, 6) is 0. The summed E-state index contributed by atoms with van der Waals surface area (Å²) in [6.07, 6.45) is 0. The van der Waals surface area contributed by atoms with Crippen LogP contribution in [0.4, 0.5) is 0 Å². The lowest BCUT2D eigenvalue weighted by Crippen LogP contribution is -2.19. The van der Waals surface area contributed by atoms with E-state index in [1.165, 1.54) is 0 Å². The first kappa shape index (κ1) is 15.2. The van der Waals surface area contributed by atoms with Crippen LogP contribution in [0.1, 0.15) is 0 Å². The predicted octanol–water partition coefficient (Wildman–Crippen LogP) is 6.04. The van der Waals surface area contributed by atoms with Crippen LogP contribution in [-0.2, 0) is 0 Å². The molecule has 28 heavy (non-hydrogen) atoms. The molecule has 0 spiro atoms. The van der Waals surface area contributed by atoms with Gasteiger partial charge in [-0.25, -0.2) is 0 Å². The van der Waals surface area contributed by atoms with Crippen molar-refractivity contribution in [2.24, 2.45) is 0 Å². The number of furan rings is 1. The number of aromatic nitrogens is 1. The van der Waals surface area contributed by atoms with Crippen molar-refractivity contribution < 1.29 is 4.42 Å². The second-order valence-electron chi connectivity index (χ2n) is 6.96. The highest BCUT2D eigenvalue weighted by molar-refractivity contribution is 6.09. The molecule has 0 aliphatic carbocycles. The van der Waals surface area contributed by atoms with Gasteiger partial charge in [0, 0.05) is 21.5 Å². The van der Waals surface area contributed by atoms with Gasteiger partial charge in [-0.3, -0.25) is 9.36 Å². The number of para-hydroxylation sites is 3. The highest BCUT2D eigenvalue weighted by Gasteiger charge is 2.16. The summed E-state index contributed by atoms with van der Waals surface area (Å²) < 4.78 is 7.97. The second-order valence-corrected chi connectivity index (χ2v) is 6.96. The van der Waals surface area contributed by atoms with Gasteiger partial charge in [0.1, 0.15) is 5.58 Å². The van der Waals surface area contributed by atoms with Crippen molar-refractivity contribution in [3.05, 3.63) is 101 Å². The van der Waals surface area contributed by atoms with Crippen LogP contribution < -0.4 is 5.56 Å². The fourth-order valence-electron chi connectivity index (χ4n) is 4.18. The summed E-state index contributed by atoms with van der Waals surface area (Å²) in [6.45, 7) is 0. The monoisotopic (exact) mass is 361 g/mol. The highest BCUT2D eigenvalue weighted by Crippen LogP contribution is 2.34. The molecule has 0 aliphatic rings. The molecule has 0 atom stereocenters. The van der Waals surface area contributed by atoms with Crippen molar-refractivity contribution in [1.82, 2.24) is 4.57 Å². The van der Waals surface area contributed by atoms with Crippen LogP contribution in [0.2, 0.25) is 0 Å². The lowest BCUT2D eigenvalue weighted by Gasteiger charge is -2.13. The number of pyridine rings is 1. The van der Waals surface area contributed by atoms with Gasteiger partial charge in [-0.1, -0.05) is 66.7 Å². The zero-order valence-corrected chi connectivity index (χ0v) is 14.9. The minimum Gasteiger partial charge on any atom is -0.454 e. The predicted molar refractivity (Wildman–Crippen MR) is 114 cm³/mol. The van der Waals surface area contributed by atoms with E-state index in [9.17, 15) is 4.79 Å². The molecule has 6 rings (SSSR count). The summed E-state index contributed by atoms with van der Waals surface area (Å²) in [5, 5.41) is 4.78. The van der Waals surface area contributed by atoms with Gasteiger partial charge in [-0.2, -0.15) is 0 Å². The summed E-state index contributed by atoms with van der Waals surface area (Å²) in [6, 6.07) is 29.7. The minimum atomic E-state index is -0.0396. The molecular weight excluding hydrogens is 346 g/mol. The SMILES string of the molecule is O=c1c2ccccc2c2ccccc2n1-c1cccc2c1oc1ccccc12. The van der Waals surface area contributed by atoms with E-state index in [1.807, 2.05) is 84.9 Å².